The Hall–Kier alpha value is -2.86. The zero-order valence-electron chi connectivity index (χ0n) is 15.7. The highest BCUT2D eigenvalue weighted by molar-refractivity contribution is 5.96. The van der Waals surface area contributed by atoms with Gasteiger partial charge in [-0.2, -0.15) is 0 Å². The first kappa shape index (κ1) is 18.9. The van der Waals surface area contributed by atoms with E-state index in [1.54, 1.807) is 0 Å². The first-order valence-electron chi connectivity index (χ1n) is 9.40. The molecule has 1 heterocycles. The third-order valence-corrected chi connectivity index (χ3v) is 5.07. The van der Waals surface area contributed by atoms with E-state index in [0.29, 0.717) is 6.54 Å². The maximum Gasteiger partial charge on any atom is 0.321 e. The van der Waals surface area contributed by atoms with Gasteiger partial charge in [-0.25, -0.2) is 4.79 Å². The van der Waals surface area contributed by atoms with Crippen molar-refractivity contribution in [2.24, 2.45) is 0 Å². The largest absolute Gasteiger partial charge is 0.360 e. The van der Waals surface area contributed by atoms with Crippen LogP contribution < -0.4 is 20.4 Å². The van der Waals surface area contributed by atoms with Gasteiger partial charge in [0.05, 0.1) is 26.2 Å². The average Bonchev–Trinajstić information content (AvgIpc) is 2.73. The average molecular weight is 367 g/mol. The molecule has 6 nitrogen and oxygen atoms in total. The number of nitrogens with zero attached hydrogens (tertiary/aromatic N) is 1. The number of amides is 3. The van der Waals surface area contributed by atoms with Crippen LogP contribution >= 0.6 is 0 Å². The van der Waals surface area contributed by atoms with Gasteiger partial charge in [-0.3, -0.25) is 10.1 Å². The lowest BCUT2D eigenvalue weighted by atomic mass is 10.2. The first-order chi connectivity index (χ1) is 13.1. The van der Waals surface area contributed by atoms with E-state index in [1.807, 2.05) is 55.5 Å². The molecule has 6 heteroatoms. The molecule has 3 N–H and O–H groups in total. The summed E-state index contributed by atoms with van der Waals surface area (Å²) in [6, 6.07) is 19.2. The molecular formula is C21H27N4O2+. The minimum Gasteiger partial charge on any atom is -0.360 e. The highest BCUT2D eigenvalue weighted by atomic mass is 16.2. The summed E-state index contributed by atoms with van der Waals surface area (Å²) in [5.41, 5.74) is 2.21. The summed E-state index contributed by atoms with van der Waals surface area (Å²) in [7, 11) is 0. The summed E-state index contributed by atoms with van der Waals surface area (Å²) in [5, 5.41) is 5.19. The molecule has 2 aromatic carbocycles. The normalized spacial score (nSPS) is 15.8. The first-order valence-corrected chi connectivity index (χ1v) is 9.40. The van der Waals surface area contributed by atoms with Gasteiger partial charge in [-0.15, -0.1) is 0 Å². The molecule has 3 rings (SSSR count). The second-order valence-electron chi connectivity index (χ2n) is 6.86. The Morgan fingerprint density at radius 1 is 1.00 bits per heavy atom. The number of nitrogens with one attached hydrogen (secondary N) is 3. The number of quaternary nitrogens is 1. The molecule has 1 saturated heterocycles. The lowest BCUT2D eigenvalue weighted by Gasteiger charge is -2.35. The van der Waals surface area contributed by atoms with Crippen LogP contribution in [-0.2, 0) is 11.3 Å². The number of carbonyl (C=O) groups is 2. The van der Waals surface area contributed by atoms with Gasteiger partial charge in [0, 0.05) is 12.2 Å². The fraction of sp³-hybridized carbons (Fsp3) is 0.333. The number of para-hydroxylation sites is 1. The van der Waals surface area contributed by atoms with Crippen molar-refractivity contribution < 1.29 is 14.5 Å². The number of benzene rings is 2. The van der Waals surface area contributed by atoms with Gasteiger partial charge in [0.25, 0.3) is 5.91 Å². The highest BCUT2D eigenvalue weighted by Gasteiger charge is 2.30. The molecule has 2 aromatic rings. The molecule has 0 unspecified atom stereocenters. The molecule has 3 amide bonds. The van der Waals surface area contributed by atoms with Crippen molar-refractivity contribution in [3.8, 4) is 0 Å². The van der Waals surface area contributed by atoms with Gasteiger partial charge in [0.15, 0.2) is 6.04 Å². The van der Waals surface area contributed by atoms with Crippen LogP contribution in [0.3, 0.4) is 0 Å². The third kappa shape index (κ3) is 5.31. The van der Waals surface area contributed by atoms with E-state index in [-0.39, 0.29) is 11.9 Å². The predicted molar refractivity (Wildman–Crippen MR) is 106 cm³/mol. The van der Waals surface area contributed by atoms with E-state index in [9.17, 15) is 9.59 Å². The van der Waals surface area contributed by atoms with Gasteiger partial charge >= 0.3 is 6.03 Å². The molecule has 0 bridgehead atoms. The summed E-state index contributed by atoms with van der Waals surface area (Å²) in [6.45, 7) is 5.82. The van der Waals surface area contributed by atoms with Crippen molar-refractivity contribution in [1.82, 2.24) is 10.6 Å². The van der Waals surface area contributed by atoms with Crippen LogP contribution in [-0.4, -0.2) is 44.2 Å². The summed E-state index contributed by atoms with van der Waals surface area (Å²) >= 11 is 0. The second kappa shape index (κ2) is 9.19. The van der Waals surface area contributed by atoms with Crippen molar-refractivity contribution in [2.75, 3.05) is 31.1 Å². The van der Waals surface area contributed by atoms with Gasteiger partial charge < -0.3 is 15.1 Å². The molecule has 0 saturated carbocycles. The fourth-order valence-corrected chi connectivity index (χ4v) is 3.35. The number of carbonyl (C=O) groups excluding carboxylic acids is 2. The Morgan fingerprint density at radius 2 is 1.59 bits per heavy atom. The SMILES string of the molecule is C[C@@H](C(=O)NC(=O)NCc1ccccc1)[NH+]1CCN(c2ccccc2)CC1. The van der Waals surface area contributed by atoms with E-state index in [1.165, 1.54) is 10.6 Å². The van der Waals surface area contributed by atoms with Crippen molar-refractivity contribution in [3.05, 3.63) is 66.2 Å². The van der Waals surface area contributed by atoms with Crippen molar-refractivity contribution >= 4 is 17.6 Å². The molecule has 27 heavy (non-hydrogen) atoms. The summed E-state index contributed by atoms with van der Waals surface area (Å²) in [6.07, 6.45) is 0. The Labute approximate surface area is 160 Å². The van der Waals surface area contributed by atoms with E-state index in [4.69, 9.17) is 0 Å². The van der Waals surface area contributed by atoms with Crippen molar-refractivity contribution in [3.63, 3.8) is 0 Å². The van der Waals surface area contributed by atoms with Crippen LogP contribution in [0.5, 0.6) is 0 Å². The van der Waals surface area contributed by atoms with Crippen LogP contribution in [0.15, 0.2) is 60.7 Å². The molecule has 0 spiro atoms. The molecule has 1 fully saturated rings. The lowest BCUT2D eigenvalue weighted by molar-refractivity contribution is -0.914. The lowest BCUT2D eigenvalue weighted by Crippen LogP contribution is -3.19. The molecule has 0 radical (unpaired) electrons. The molecule has 1 aliphatic rings. The number of anilines is 1. The van der Waals surface area contributed by atoms with E-state index < -0.39 is 6.03 Å². The summed E-state index contributed by atoms with van der Waals surface area (Å²) in [5.74, 6) is -0.233. The number of hydrogen-bond acceptors (Lipinski definition) is 3. The minimum absolute atomic E-state index is 0.233. The molecule has 0 aliphatic carbocycles. The van der Waals surface area contributed by atoms with Crippen LogP contribution in [0.2, 0.25) is 0 Å². The van der Waals surface area contributed by atoms with E-state index in [2.05, 4.69) is 27.7 Å². The Morgan fingerprint density at radius 3 is 2.22 bits per heavy atom. The topological polar surface area (TPSA) is 65.9 Å². The maximum absolute atomic E-state index is 12.4. The number of imide groups is 1. The molecular weight excluding hydrogens is 340 g/mol. The predicted octanol–water partition coefficient (Wildman–Crippen LogP) is 0.806. The summed E-state index contributed by atoms with van der Waals surface area (Å²) < 4.78 is 0. The zero-order valence-corrected chi connectivity index (χ0v) is 15.7. The third-order valence-electron chi connectivity index (χ3n) is 5.07. The van der Waals surface area contributed by atoms with Gasteiger partial charge in [-0.1, -0.05) is 48.5 Å². The molecule has 1 aliphatic heterocycles. The Bertz CT molecular complexity index is 743. The van der Waals surface area contributed by atoms with Gasteiger partial charge in [0.2, 0.25) is 0 Å². The number of urea groups is 1. The zero-order chi connectivity index (χ0) is 19.1. The maximum atomic E-state index is 12.4. The molecule has 142 valence electrons. The van der Waals surface area contributed by atoms with E-state index in [0.717, 1.165) is 31.7 Å². The van der Waals surface area contributed by atoms with Gasteiger partial charge in [0.1, 0.15) is 0 Å². The van der Waals surface area contributed by atoms with Crippen LogP contribution in [0, 0.1) is 0 Å². The quantitative estimate of drug-likeness (QED) is 0.733. The standard InChI is InChI=1S/C21H26N4O2/c1-17(20(26)23-21(27)22-16-18-8-4-2-5-9-18)24-12-14-25(15-13-24)19-10-6-3-7-11-19/h2-11,17H,12-16H2,1H3,(H2,22,23,26,27)/p+1/t17-/m0/s1. The Balaban J connectivity index is 1.43. The van der Waals surface area contributed by atoms with Crippen LogP contribution in [0.4, 0.5) is 10.5 Å². The Kier molecular flexibility index (Phi) is 6.44. The number of piperazine rings is 1. The monoisotopic (exact) mass is 367 g/mol. The van der Waals surface area contributed by atoms with Crippen molar-refractivity contribution in [1.29, 1.82) is 0 Å². The van der Waals surface area contributed by atoms with E-state index >= 15 is 0 Å². The van der Waals surface area contributed by atoms with Crippen LogP contribution in [0.25, 0.3) is 0 Å². The number of hydrogen-bond donors (Lipinski definition) is 3. The molecule has 0 aromatic heterocycles. The fourth-order valence-electron chi connectivity index (χ4n) is 3.35. The number of rotatable bonds is 5. The molecule has 1 atom stereocenters. The van der Waals surface area contributed by atoms with Crippen molar-refractivity contribution in [2.45, 2.75) is 19.5 Å². The smallest absolute Gasteiger partial charge is 0.321 e. The minimum atomic E-state index is -0.446. The highest BCUT2D eigenvalue weighted by Crippen LogP contribution is 2.12. The summed E-state index contributed by atoms with van der Waals surface area (Å²) in [4.78, 5) is 27.9. The van der Waals surface area contributed by atoms with Gasteiger partial charge in [-0.05, 0) is 24.6 Å². The second-order valence-corrected chi connectivity index (χ2v) is 6.86. The van der Waals surface area contributed by atoms with Crippen LogP contribution in [0.1, 0.15) is 12.5 Å².